The van der Waals surface area contributed by atoms with Crippen LogP contribution >= 0.6 is 23.1 Å². The van der Waals surface area contributed by atoms with Crippen molar-refractivity contribution in [3.05, 3.63) is 57.3 Å². The number of carbonyl (C=O) groups excluding carboxylic acids is 1. The normalized spacial score (nSPS) is 26.5. The van der Waals surface area contributed by atoms with Crippen LogP contribution in [0.5, 0.6) is 0 Å². The SMILES string of the molecule is O=C(C1CCCNC1)N1N=C(c2cc(F)ccc2F)SC12CCCc1ccsc12. The minimum atomic E-state index is -0.662. The fourth-order valence-electron chi connectivity index (χ4n) is 4.44. The minimum absolute atomic E-state index is 0.0299. The van der Waals surface area contributed by atoms with Gasteiger partial charge in [0.25, 0.3) is 0 Å². The molecule has 2 aliphatic heterocycles. The van der Waals surface area contributed by atoms with Crippen molar-refractivity contribution >= 4 is 34.0 Å². The molecule has 0 radical (unpaired) electrons. The van der Waals surface area contributed by atoms with Gasteiger partial charge in [-0.3, -0.25) is 4.79 Å². The molecule has 152 valence electrons. The number of hydrazone groups is 1. The molecule has 1 spiro atoms. The molecule has 1 aliphatic carbocycles. The number of hydrogen-bond acceptors (Lipinski definition) is 5. The van der Waals surface area contributed by atoms with E-state index in [0.29, 0.717) is 11.6 Å². The average molecular weight is 434 g/mol. The van der Waals surface area contributed by atoms with Crippen molar-refractivity contribution in [3.63, 3.8) is 0 Å². The van der Waals surface area contributed by atoms with Gasteiger partial charge in [0.05, 0.1) is 5.92 Å². The van der Waals surface area contributed by atoms with Gasteiger partial charge < -0.3 is 5.32 Å². The predicted molar refractivity (Wildman–Crippen MR) is 112 cm³/mol. The van der Waals surface area contributed by atoms with E-state index in [9.17, 15) is 13.6 Å². The Morgan fingerprint density at radius 1 is 1.28 bits per heavy atom. The summed E-state index contributed by atoms with van der Waals surface area (Å²) in [7, 11) is 0. The first-order valence-electron chi connectivity index (χ1n) is 9.93. The molecule has 2 aromatic rings. The first-order chi connectivity index (χ1) is 14.1. The lowest BCUT2D eigenvalue weighted by Crippen LogP contribution is -2.48. The predicted octanol–water partition coefficient (Wildman–Crippen LogP) is 4.45. The van der Waals surface area contributed by atoms with Crippen LogP contribution in [0.15, 0.2) is 34.7 Å². The molecule has 1 aromatic heterocycles. The molecule has 2 atom stereocenters. The summed E-state index contributed by atoms with van der Waals surface area (Å²) in [5, 5.41) is 11.9. The smallest absolute Gasteiger partial charge is 0.248 e. The third kappa shape index (κ3) is 3.21. The van der Waals surface area contributed by atoms with Crippen molar-refractivity contribution in [3.8, 4) is 0 Å². The zero-order valence-electron chi connectivity index (χ0n) is 15.8. The number of thioether (sulfide) groups is 1. The van der Waals surface area contributed by atoms with E-state index < -0.39 is 16.5 Å². The topological polar surface area (TPSA) is 44.7 Å². The van der Waals surface area contributed by atoms with Gasteiger partial charge in [-0.25, -0.2) is 13.8 Å². The van der Waals surface area contributed by atoms with Gasteiger partial charge in [0.1, 0.15) is 16.7 Å². The summed E-state index contributed by atoms with van der Waals surface area (Å²) < 4.78 is 28.4. The van der Waals surface area contributed by atoms with Crippen LogP contribution in [-0.2, 0) is 16.1 Å². The lowest BCUT2D eigenvalue weighted by molar-refractivity contribution is -0.139. The van der Waals surface area contributed by atoms with Crippen LogP contribution in [0.4, 0.5) is 8.78 Å². The molecular weight excluding hydrogens is 412 g/mol. The highest BCUT2D eigenvalue weighted by Crippen LogP contribution is 2.55. The number of benzene rings is 1. The number of rotatable bonds is 2. The van der Waals surface area contributed by atoms with Gasteiger partial charge in [-0.1, -0.05) is 11.8 Å². The summed E-state index contributed by atoms with van der Waals surface area (Å²) >= 11 is 3.02. The number of piperidine rings is 1. The summed E-state index contributed by atoms with van der Waals surface area (Å²) in [6.45, 7) is 1.55. The number of carbonyl (C=O) groups is 1. The lowest BCUT2D eigenvalue weighted by Gasteiger charge is -2.40. The van der Waals surface area contributed by atoms with Crippen LogP contribution in [0.25, 0.3) is 0 Å². The van der Waals surface area contributed by atoms with Crippen molar-refractivity contribution < 1.29 is 13.6 Å². The molecule has 2 unspecified atom stereocenters. The maximum absolute atomic E-state index is 14.5. The first-order valence-corrected chi connectivity index (χ1v) is 11.6. The van der Waals surface area contributed by atoms with Crippen LogP contribution in [0.2, 0.25) is 0 Å². The molecule has 0 bridgehead atoms. The largest absolute Gasteiger partial charge is 0.316 e. The second kappa shape index (κ2) is 7.49. The lowest BCUT2D eigenvalue weighted by atomic mass is 9.92. The Morgan fingerprint density at radius 3 is 3.00 bits per heavy atom. The summed E-state index contributed by atoms with van der Waals surface area (Å²) in [5.41, 5.74) is 1.35. The van der Waals surface area contributed by atoms with Crippen molar-refractivity contribution in [2.75, 3.05) is 13.1 Å². The van der Waals surface area contributed by atoms with Crippen LogP contribution in [0, 0.1) is 17.6 Å². The second-order valence-electron chi connectivity index (χ2n) is 7.74. The molecule has 5 rings (SSSR count). The number of thiophene rings is 1. The van der Waals surface area contributed by atoms with E-state index in [-0.39, 0.29) is 17.4 Å². The molecule has 1 N–H and O–H groups in total. The molecule has 29 heavy (non-hydrogen) atoms. The van der Waals surface area contributed by atoms with E-state index in [0.717, 1.165) is 55.7 Å². The standard InChI is InChI=1S/C21H21F2N3OS2/c22-15-5-6-17(23)16(11-15)19-25-26(20(27)14-4-2-9-24-12-14)21(29-19)8-1-3-13-7-10-28-18(13)21/h5-7,10-11,14,24H,1-4,8-9,12H2. The zero-order valence-corrected chi connectivity index (χ0v) is 17.4. The summed E-state index contributed by atoms with van der Waals surface area (Å²) in [5.74, 6) is -1.21. The van der Waals surface area contributed by atoms with E-state index in [2.05, 4.69) is 16.5 Å². The van der Waals surface area contributed by atoms with Gasteiger partial charge in [0, 0.05) is 17.0 Å². The van der Waals surface area contributed by atoms with Crippen LogP contribution in [-0.4, -0.2) is 29.0 Å². The molecule has 4 nitrogen and oxygen atoms in total. The third-order valence-electron chi connectivity index (χ3n) is 5.88. The van der Waals surface area contributed by atoms with Gasteiger partial charge in [0.15, 0.2) is 4.87 Å². The molecule has 1 saturated heterocycles. The molecule has 0 saturated carbocycles. The third-order valence-corrected chi connectivity index (χ3v) is 8.53. The highest BCUT2D eigenvalue weighted by molar-refractivity contribution is 8.15. The van der Waals surface area contributed by atoms with E-state index in [1.54, 1.807) is 16.3 Å². The highest BCUT2D eigenvalue weighted by atomic mass is 32.2. The van der Waals surface area contributed by atoms with Crippen LogP contribution in [0.1, 0.15) is 41.7 Å². The minimum Gasteiger partial charge on any atom is -0.316 e. The van der Waals surface area contributed by atoms with E-state index in [1.165, 1.54) is 23.4 Å². The fourth-order valence-corrected chi connectivity index (χ4v) is 7.16. The van der Waals surface area contributed by atoms with Gasteiger partial charge in [-0.2, -0.15) is 5.10 Å². The summed E-state index contributed by atoms with van der Waals surface area (Å²) in [6.07, 6.45) is 4.42. The van der Waals surface area contributed by atoms with E-state index in [1.807, 2.05) is 5.38 Å². The average Bonchev–Trinajstić information content (AvgIpc) is 3.36. The van der Waals surface area contributed by atoms with Crippen molar-refractivity contribution in [2.45, 2.75) is 37.0 Å². The van der Waals surface area contributed by atoms with Crippen LogP contribution < -0.4 is 5.32 Å². The number of fused-ring (bicyclic) bond motifs is 2. The number of nitrogens with zero attached hydrogens (tertiary/aromatic N) is 2. The number of amides is 1. The quantitative estimate of drug-likeness (QED) is 0.761. The molecule has 3 aliphatic rings. The Labute approximate surface area is 176 Å². The maximum Gasteiger partial charge on any atom is 0.248 e. The Kier molecular flexibility index (Phi) is 4.96. The maximum atomic E-state index is 14.5. The Balaban J connectivity index is 1.60. The first kappa shape index (κ1) is 19.2. The second-order valence-corrected chi connectivity index (χ2v) is 9.92. The Hall–Kier alpha value is -1.77. The number of hydrogen-bond donors (Lipinski definition) is 1. The van der Waals surface area contributed by atoms with Gasteiger partial charge in [0.2, 0.25) is 5.91 Å². The molecule has 8 heteroatoms. The number of aryl methyl sites for hydroxylation is 1. The summed E-state index contributed by atoms with van der Waals surface area (Å²) in [6, 6.07) is 5.49. The molecular formula is C21H21F2N3OS2. The molecule has 1 fully saturated rings. The van der Waals surface area contributed by atoms with Gasteiger partial charge >= 0.3 is 0 Å². The molecule has 1 amide bonds. The van der Waals surface area contributed by atoms with Crippen molar-refractivity contribution in [1.82, 2.24) is 10.3 Å². The molecule has 3 heterocycles. The van der Waals surface area contributed by atoms with E-state index in [4.69, 9.17) is 0 Å². The number of halogens is 2. The van der Waals surface area contributed by atoms with Crippen LogP contribution in [0.3, 0.4) is 0 Å². The number of nitrogens with one attached hydrogen (secondary N) is 1. The molecule has 1 aromatic carbocycles. The highest BCUT2D eigenvalue weighted by Gasteiger charge is 2.52. The monoisotopic (exact) mass is 433 g/mol. The van der Waals surface area contributed by atoms with Gasteiger partial charge in [-0.05, 0) is 73.9 Å². The fraction of sp³-hybridized carbons (Fsp3) is 0.429. The Morgan fingerprint density at radius 2 is 2.17 bits per heavy atom. The van der Waals surface area contributed by atoms with Gasteiger partial charge in [-0.15, -0.1) is 11.3 Å². The van der Waals surface area contributed by atoms with E-state index >= 15 is 0 Å². The zero-order chi connectivity index (χ0) is 20.0. The van der Waals surface area contributed by atoms with Crippen molar-refractivity contribution in [1.29, 1.82) is 0 Å². The summed E-state index contributed by atoms with van der Waals surface area (Å²) in [4.78, 5) is 14.0. The Bertz CT molecular complexity index is 986. The van der Waals surface area contributed by atoms with Crippen molar-refractivity contribution in [2.24, 2.45) is 11.0 Å².